The number of benzene rings is 2. The molecule has 2 N–H and O–H groups in total. The van der Waals surface area contributed by atoms with Crippen LogP contribution in [0.1, 0.15) is 22.5 Å². The van der Waals surface area contributed by atoms with Gasteiger partial charge in [-0.15, -0.1) is 12.4 Å². The first-order chi connectivity index (χ1) is 17.6. The number of rotatable bonds is 5. The summed E-state index contributed by atoms with van der Waals surface area (Å²) in [5.74, 6) is 0. The van der Waals surface area contributed by atoms with E-state index >= 15 is 0 Å². The van der Waals surface area contributed by atoms with Crippen molar-refractivity contribution in [2.75, 3.05) is 31.1 Å². The molecule has 0 radical (unpaired) electrons. The highest BCUT2D eigenvalue weighted by Gasteiger charge is 2.18. The molecule has 7 heteroatoms. The van der Waals surface area contributed by atoms with Crippen molar-refractivity contribution in [2.45, 2.75) is 27.3 Å². The van der Waals surface area contributed by atoms with E-state index in [0.717, 1.165) is 60.6 Å². The number of anilines is 1. The van der Waals surface area contributed by atoms with E-state index in [4.69, 9.17) is 10.1 Å². The third-order valence-electron chi connectivity index (χ3n) is 7.28. The van der Waals surface area contributed by atoms with Gasteiger partial charge in [-0.1, -0.05) is 42.0 Å². The maximum atomic E-state index is 4.91. The summed E-state index contributed by atoms with van der Waals surface area (Å²) in [6.45, 7) is 11.3. The van der Waals surface area contributed by atoms with Crippen molar-refractivity contribution in [2.24, 2.45) is 0 Å². The Morgan fingerprint density at radius 2 is 1.70 bits per heavy atom. The fraction of sp³-hybridized carbons (Fsp3) is 0.267. The van der Waals surface area contributed by atoms with E-state index in [-0.39, 0.29) is 12.4 Å². The number of aryl methyl sites for hydroxylation is 2. The zero-order valence-electron chi connectivity index (χ0n) is 21.6. The van der Waals surface area contributed by atoms with Gasteiger partial charge >= 0.3 is 0 Å². The number of piperazine rings is 1. The lowest BCUT2D eigenvalue weighted by molar-refractivity contribution is 0.589. The van der Waals surface area contributed by atoms with Crippen molar-refractivity contribution < 1.29 is 0 Å². The number of nitrogens with one attached hydrogen (secondary N) is 2. The average molecular weight is 513 g/mol. The van der Waals surface area contributed by atoms with Crippen LogP contribution in [0.5, 0.6) is 0 Å². The second kappa shape index (κ2) is 10.4. The molecule has 5 aromatic rings. The number of halogens is 1. The Labute approximate surface area is 224 Å². The molecule has 0 atom stereocenters. The van der Waals surface area contributed by atoms with Crippen LogP contribution in [-0.2, 0) is 6.54 Å². The maximum Gasteiger partial charge on any atom is 0.137 e. The molecule has 0 saturated carbocycles. The summed E-state index contributed by atoms with van der Waals surface area (Å²) in [6.07, 6.45) is 4.03. The van der Waals surface area contributed by atoms with Crippen LogP contribution >= 0.6 is 12.4 Å². The Hall–Kier alpha value is -3.61. The Balaban J connectivity index is 0.00000280. The SMILES string of the molecule is Cc1cccc(Cn2nc(C)c(-c3c[nH]c4ncc(-c5ccc(N6CCNCC6)cc5)cc34)c2C)c1.Cl. The van der Waals surface area contributed by atoms with Crippen molar-refractivity contribution in [1.82, 2.24) is 25.1 Å². The van der Waals surface area contributed by atoms with Gasteiger partial charge in [-0.3, -0.25) is 4.68 Å². The van der Waals surface area contributed by atoms with Crippen LogP contribution in [0, 0.1) is 20.8 Å². The molecule has 1 aliphatic heterocycles. The van der Waals surface area contributed by atoms with E-state index in [1.165, 1.54) is 33.6 Å². The highest BCUT2D eigenvalue weighted by atomic mass is 35.5. The van der Waals surface area contributed by atoms with Gasteiger partial charge in [-0.05, 0) is 50.1 Å². The Morgan fingerprint density at radius 1 is 0.919 bits per heavy atom. The summed E-state index contributed by atoms with van der Waals surface area (Å²) in [4.78, 5) is 10.6. The number of fused-ring (bicyclic) bond motifs is 1. The van der Waals surface area contributed by atoms with Crippen LogP contribution in [0.25, 0.3) is 33.3 Å². The lowest BCUT2D eigenvalue weighted by Crippen LogP contribution is -2.43. The van der Waals surface area contributed by atoms with Crippen molar-refractivity contribution >= 4 is 29.1 Å². The number of H-pyrrole nitrogens is 1. The molecule has 3 aromatic heterocycles. The van der Waals surface area contributed by atoms with Gasteiger partial charge in [0.15, 0.2) is 0 Å². The van der Waals surface area contributed by atoms with Gasteiger partial charge in [-0.25, -0.2) is 4.98 Å². The maximum absolute atomic E-state index is 4.91. The highest BCUT2D eigenvalue weighted by molar-refractivity contribution is 5.97. The molecule has 1 saturated heterocycles. The highest BCUT2D eigenvalue weighted by Crippen LogP contribution is 2.35. The Kier molecular flexibility index (Phi) is 7.04. The number of pyridine rings is 1. The predicted molar refractivity (Wildman–Crippen MR) is 155 cm³/mol. The fourth-order valence-corrected chi connectivity index (χ4v) is 5.38. The second-order valence-electron chi connectivity index (χ2n) is 9.80. The summed E-state index contributed by atoms with van der Waals surface area (Å²) in [5.41, 5.74) is 11.6. The molecular weight excluding hydrogens is 480 g/mol. The summed E-state index contributed by atoms with van der Waals surface area (Å²) in [7, 11) is 0. The van der Waals surface area contributed by atoms with Gasteiger partial charge in [0, 0.05) is 72.0 Å². The first kappa shape index (κ1) is 25.1. The Morgan fingerprint density at radius 3 is 2.46 bits per heavy atom. The van der Waals surface area contributed by atoms with Crippen LogP contribution in [-0.4, -0.2) is 45.9 Å². The zero-order chi connectivity index (χ0) is 24.6. The average Bonchev–Trinajstić information content (AvgIpc) is 3.43. The molecule has 0 bridgehead atoms. The molecule has 0 unspecified atom stereocenters. The first-order valence-electron chi connectivity index (χ1n) is 12.7. The van der Waals surface area contributed by atoms with Crippen molar-refractivity contribution in [3.05, 3.63) is 89.5 Å². The van der Waals surface area contributed by atoms with Crippen LogP contribution < -0.4 is 10.2 Å². The van der Waals surface area contributed by atoms with Gasteiger partial charge in [0.05, 0.1) is 12.2 Å². The number of aromatic nitrogens is 4. The largest absolute Gasteiger partial charge is 0.369 e. The molecule has 0 aliphatic carbocycles. The predicted octanol–water partition coefficient (Wildman–Crippen LogP) is 5.90. The minimum absolute atomic E-state index is 0. The van der Waals surface area contributed by atoms with Gasteiger partial charge in [0.25, 0.3) is 0 Å². The normalized spacial score (nSPS) is 13.6. The summed E-state index contributed by atoms with van der Waals surface area (Å²) >= 11 is 0. The van der Waals surface area contributed by atoms with Gasteiger partial charge in [0.2, 0.25) is 0 Å². The quantitative estimate of drug-likeness (QED) is 0.308. The van der Waals surface area contributed by atoms with Gasteiger partial charge in [-0.2, -0.15) is 5.10 Å². The standard InChI is InChI=1S/C30H32N6.ClH/c1-20-5-4-6-23(15-20)19-36-22(3)29(21(2)34-36)28-18-33-30-27(28)16-25(17-32-30)24-7-9-26(10-8-24)35-13-11-31-12-14-35;/h4-10,15-18,31H,11-14,19H2,1-3H3,(H,32,33);1H. The molecule has 4 heterocycles. The van der Waals surface area contributed by atoms with Crippen LogP contribution in [0.15, 0.2) is 67.0 Å². The van der Waals surface area contributed by atoms with E-state index in [2.05, 4.69) is 101 Å². The molecular formula is C30H33ClN6. The smallest absolute Gasteiger partial charge is 0.137 e. The minimum atomic E-state index is 0. The van der Waals surface area contributed by atoms with Crippen molar-refractivity contribution in [3.63, 3.8) is 0 Å². The molecule has 190 valence electrons. The van der Waals surface area contributed by atoms with Crippen LogP contribution in [0.2, 0.25) is 0 Å². The second-order valence-corrected chi connectivity index (χ2v) is 9.80. The first-order valence-corrected chi connectivity index (χ1v) is 12.7. The van der Waals surface area contributed by atoms with E-state index in [0.29, 0.717) is 0 Å². The van der Waals surface area contributed by atoms with E-state index in [9.17, 15) is 0 Å². The molecule has 0 amide bonds. The van der Waals surface area contributed by atoms with Crippen LogP contribution in [0.4, 0.5) is 5.69 Å². The fourth-order valence-electron chi connectivity index (χ4n) is 5.38. The molecule has 0 spiro atoms. The van der Waals surface area contributed by atoms with Gasteiger partial charge < -0.3 is 15.2 Å². The third-order valence-corrected chi connectivity index (χ3v) is 7.28. The summed E-state index contributed by atoms with van der Waals surface area (Å²) < 4.78 is 2.12. The van der Waals surface area contributed by atoms with E-state index in [1.54, 1.807) is 0 Å². The number of hydrogen-bond acceptors (Lipinski definition) is 4. The lowest BCUT2D eigenvalue weighted by atomic mass is 10.0. The molecule has 6 rings (SSSR count). The number of nitrogens with zero attached hydrogens (tertiary/aromatic N) is 4. The molecule has 6 nitrogen and oxygen atoms in total. The monoisotopic (exact) mass is 512 g/mol. The van der Waals surface area contributed by atoms with Crippen molar-refractivity contribution in [1.29, 1.82) is 0 Å². The summed E-state index contributed by atoms with van der Waals surface area (Å²) in [5, 5.41) is 9.45. The zero-order valence-corrected chi connectivity index (χ0v) is 22.4. The lowest BCUT2D eigenvalue weighted by Gasteiger charge is -2.29. The van der Waals surface area contributed by atoms with E-state index in [1.807, 2.05) is 6.20 Å². The summed E-state index contributed by atoms with van der Waals surface area (Å²) in [6, 6.07) is 19.8. The molecule has 1 aliphatic rings. The van der Waals surface area contributed by atoms with E-state index < -0.39 is 0 Å². The molecule has 37 heavy (non-hydrogen) atoms. The van der Waals surface area contributed by atoms with Crippen molar-refractivity contribution in [3.8, 4) is 22.3 Å². The topological polar surface area (TPSA) is 61.8 Å². The van der Waals surface area contributed by atoms with Gasteiger partial charge in [0.1, 0.15) is 5.65 Å². The van der Waals surface area contributed by atoms with Crippen LogP contribution in [0.3, 0.4) is 0 Å². The number of hydrogen-bond donors (Lipinski definition) is 2. The third kappa shape index (κ3) is 4.87. The molecule has 1 fully saturated rings. The Bertz CT molecular complexity index is 1530. The number of aromatic amines is 1. The molecule has 2 aromatic carbocycles. The minimum Gasteiger partial charge on any atom is -0.369 e.